The number of halogens is 2. The van der Waals surface area contributed by atoms with Crippen molar-refractivity contribution in [1.82, 2.24) is 0 Å². The lowest BCUT2D eigenvalue weighted by Gasteiger charge is -2.23. The second-order valence-corrected chi connectivity index (χ2v) is 5.78. The van der Waals surface area contributed by atoms with Gasteiger partial charge in [0.05, 0.1) is 4.48 Å². The Hall–Kier alpha value is -0.220. The zero-order valence-corrected chi connectivity index (χ0v) is 11.3. The molecule has 14 heavy (non-hydrogen) atoms. The predicted molar refractivity (Wildman–Crippen MR) is 62.4 cm³/mol. The number of hydrogen-bond donors (Lipinski definition) is 0. The molecule has 0 aromatic carbocycles. The number of carbonyl (C=O) groups excluding carboxylic acids is 2. The molecule has 0 atom stereocenters. The third-order valence-electron chi connectivity index (χ3n) is 1.94. The summed E-state index contributed by atoms with van der Waals surface area (Å²) >= 11 is 6.31. The second-order valence-electron chi connectivity index (χ2n) is 4.13. The molecule has 0 N–H and O–H groups in total. The molecule has 0 radical (unpaired) electrons. The summed E-state index contributed by atoms with van der Waals surface area (Å²) in [4.78, 5) is 23.1. The largest absolute Gasteiger partial charge is 0.285 e. The van der Waals surface area contributed by atoms with Gasteiger partial charge in [-0.1, -0.05) is 20.8 Å². The fraction of sp³-hybridized carbons (Fsp3) is 0.400. The molecule has 76 valence electrons. The van der Waals surface area contributed by atoms with E-state index in [-0.39, 0.29) is 5.41 Å². The first-order valence-electron chi connectivity index (χ1n) is 4.11. The molecule has 0 spiro atoms. The number of Topliss-reactive ketones (excluding diaryl/α,β-unsaturated/α-hetero) is 2. The first kappa shape index (κ1) is 11.9. The summed E-state index contributed by atoms with van der Waals surface area (Å²) in [5, 5.41) is 0. The molecule has 0 bridgehead atoms. The molecule has 1 aliphatic carbocycles. The first-order chi connectivity index (χ1) is 6.25. The Morgan fingerprint density at radius 2 is 1.57 bits per heavy atom. The van der Waals surface area contributed by atoms with Crippen molar-refractivity contribution in [3.63, 3.8) is 0 Å². The van der Waals surface area contributed by atoms with E-state index in [2.05, 4.69) is 31.9 Å². The molecule has 0 aromatic rings. The lowest BCUT2D eigenvalue weighted by molar-refractivity contribution is -0.132. The van der Waals surface area contributed by atoms with Gasteiger partial charge in [-0.25, -0.2) is 0 Å². The fourth-order valence-corrected chi connectivity index (χ4v) is 1.85. The van der Waals surface area contributed by atoms with Gasteiger partial charge in [0.2, 0.25) is 11.6 Å². The topological polar surface area (TPSA) is 34.1 Å². The van der Waals surface area contributed by atoms with Gasteiger partial charge in [0.25, 0.3) is 0 Å². The minimum absolute atomic E-state index is 0.301. The van der Waals surface area contributed by atoms with Crippen LogP contribution in [0, 0.1) is 5.41 Å². The quantitative estimate of drug-likeness (QED) is 0.507. The number of ketones is 2. The summed E-state index contributed by atoms with van der Waals surface area (Å²) in [6.45, 7) is 5.72. The van der Waals surface area contributed by atoms with Crippen LogP contribution in [0.25, 0.3) is 0 Å². The molecule has 0 aliphatic heterocycles. The molecule has 0 unspecified atom stereocenters. The van der Waals surface area contributed by atoms with Crippen LogP contribution in [0.2, 0.25) is 0 Å². The van der Waals surface area contributed by atoms with Crippen molar-refractivity contribution in [2.45, 2.75) is 20.8 Å². The van der Waals surface area contributed by atoms with Crippen LogP contribution in [0.1, 0.15) is 20.8 Å². The second kappa shape index (κ2) is 3.74. The fourth-order valence-electron chi connectivity index (χ4n) is 1.14. The van der Waals surface area contributed by atoms with Crippen molar-refractivity contribution in [1.29, 1.82) is 0 Å². The number of hydrogen-bond acceptors (Lipinski definition) is 2. The maximum absolute atomic E-state index is 11.6. The van der Waals surface area contributed by atoms with Crippen LogP contribution in [0.5, 0.6) is 0 Å². The molecule has 0 amide bonds. The number of allylic oxidation sites excluding steroid dienone is 4. The standard InChI is InChI=1S/C10H10Br2O2/c1-10(2,3)5-4-6(11)7(12)9(14)8(5)13/h4H,1-3H3. The summed E-state index contributed by atoms with van der Waals surface area (Å²) < 4.78 is 0.933. The van der Waals surface area contributed by atoms with Gasteiger partial charge in [0.15, 0.2) is 0 Å². The number of carbonyl (C=O) groups is 2. The summed E-state index contributed by atoms with van der Waals surface area (Å²) in [6, 6.07) is 0. The highest BCUT2D eigenvalue weighted by Crippen LogP contribution is 2.35. The van der Waals surface area contributed by atoms with E-state index in [1.54, 1.807) is 6.08 Å². The van der Waals surface area contributed by atoms with Crippen molar-refractivity contribution in [3.05, 3.63) is 20.6 Å². The van der Waals surface area contributed by atoms with Crippen LogP contribution in [-0.4, -0.2) is 11.6 Å². The molecule has 0 saturated carbocycles. The van der Waals surface area contributed by atoms with Crippen molar-refractivity contribution < 1.29 is 9.59 Å². The van der Waals surface area contributed by atoms with Gasteiger partial charge >= 0.3 is 0 Å². The molecule has 0 aromatic heterocycles. The van der Waals surface area contributed by atoms with Crippen molar-refractivity contribution >= 4 is 43.4 Å². The normalized spacial score (nSPS) is 18.8. The Labute approximate surface area is 99.7 Å². The SMILES string of the molecule is CC(C)(C)C1=CC(Br)=C(Br)C(=O)C1=O. The Morgan fingerprint density at radius 1 is 1.07 bits per heavy atom. The third kappa shape index (κ3) is 2.06. The van der Waals surface area contributed by atoms with Gasteiger partial charge in [0, 0.05) is 10.1 Å². The number of rotatable bonds is 0. The third-order valence-corrected chi connectivity index (χ3v) is 3.88. The van der Waals surface area contributed by atoms with Crippen LogP contribution in [0.15, 0.2) is 20.6 Å². The molecule has 1 aliphatic rings. The maximum Gasteiger partial charge on any atom is 0.241 e. The van der Waals surface area contributed by atoms with E-state index in [1.165, 1.54) is 0 Å². The average molecular weight is 322 g/mol. The lowest BCUT2D eigenvalue weighted by atomic mass is 9.81. The molecule has 0 saturated heterocycles. The van der Waals surface area contributed by atoms with E-state index >= 15 is 0 Å². The van der Waals surface area contributed by atoms with Crippen molar-refractivity contribution in [3.8, 4) is 0 Å². The summed E-state index contributed by atoms with van der Waals surface area (Å²) in [5.41, 5.74) is 0.233. The highest BCUT2D eigenvalue weighted by atomic mass is 79.9. The van der Waals surface area contributed by atoms with E-state index in [4.69, 9.17) is 0 Å². The van der Waals surface area contributed by atoms with Crippen LogP contribution < -0.4 is 0 Å². The van der Waals surface area contributed by atoms with E-state index in [9.17, 15) is 9.59 Å². The van der Waals surface area contributed by atoms with Crippen molar-refractivity contribution in [2.75, 3.05) is 0 Å². The van der Waals surface area contributed by atoms with Gasteiger partial charge in [-0.15, -0.1) is 0 Å². The minimum atomic E-state index is -0.482. The molecule has 4 heteroatoms. The molecule has 2 nitrogen and oxygen atoms in total. The zero-order chi connectivity index (χ0) is 11.1. The van der Waals surface area contributed by atoms with Crippen molar-refractivity contribution in [2.24, 2.45) is 5.41 Å². The smallest absolute Gasteiger partial charge is 0.241 e. The monoisotopic (exact) mass is 320 g/mol. The van der Waals surface area contributed by atoms with Gasteiger partial charge in [0.1, 0.15) is 0 Å². The molecular weight excluding hydrogens is 312 g/mol. The van der Waals surface area contributed by atoms with Gasteiger partial charge in [-0.3, -0.25) is 9.59 Å². The summed E-state index contributed by atoms with van der Waals surface area (Å²) in [5.74, 6) is -0.906. The Kier molecular flexibility index (Phi) is 3.17. The molecular formula is C10H10Br2O2. The van der Waals surface area contributed by atoms with E-state index in [0.29, 0.717) is 14.5 Å². The summed E-state index contributed by atoms with van der Waals surface area (Å²) in [6.07, 6.45) is 1.70. The van der Waals surface area contributed by atoms with E-state index in [1.807, 2.05) is 20.8 Å². The van der Waals surface area contributed by atoms with E-state index < -0.39 is 11.6 Å². The Bertz CT molecular complexity index is 370. The van der Waals surface area contributed by atoms with E-state index in [0.717, 1.165) is 0 Å². The van der Waals surface area contributed by atoms with Crippen LogP contribution in [-0.2, 0) is 9.59 Å². The zero-order valence-electron chi connectivity index (χ0n) is 8.15. The van der Waals surface area contributed by atoms with Gasteiger partial charge in [-0.2, -0.15) is 0 Å². The van der Waals surface area contributed by atoms with Gasteiger partial charge in [-0.05, 0) is 43.4 Å². The molecule has 1 rings (SSSR count). The Balaban J connectivity index is 3.29. The maximum atomic E-state index is 11.6. The Morgan fingerprint density at radius 3 is 2.00 bits per heavy atom. The van der Waals surface area contributed by atoms with Crippen LogP contribution in [0.3, 0.4) is 0 Å². The lowest BCUT2D eigenvalue weighted by Crippen LogP contribution is -2.27. The first-order valence-corrected chi connectivity index (χ1v) is 5.70. The highest BCUT2D eigenvalue weighted by Gasteiger charge is 2.33. The average Bonchev–Trinajstić information content (AvgIpc) is 2.06. The van der Waals surface area contributed by atoms with Crippen LogP contribution in [0.4, 0.5) is 0 Å². The minimum Gasteiger partial charge on any atom is -0.285 e. The van der Waals surface area contributed by atoms with Gasteiger partial charge < -0.3 is 0 Å². The summed E-state index contributed by atoms with van der Waals surface area (Å²) in [7, 11) is 0. The molecule has 0 heterocycles. The molecule has 0 fully saturated rings. The van der Waals surface area contributed by atoms with Crippen LogP contribution >= 0.6 is 31.9 Å². The highest BCUT2D eigenvalue weighted by molar-refractivity contribution is 9.14. The predicted octanol–water partition coefficient (Wildman–Crippen LogP) is 3.11.